The summed E-state index contributed by atoms with van der Waals surface area (Å²) in [5.74, 6) is -3.86. The number of carbonyl (C=O) groups is 6. The number of nitrogens with one attached hydrogen (secondary N) is 5. The van der Waals surface area contributed by atoms with Crippen LogP contribution in [0.25, 0.3) is 10.9 Å². The van der Waals surface area contributed by atoms with Gasteiger partial charge in [-0.3, -0.25) is 33.6 Å². The molecule has 0 unspecified atom stereocenters. The normalized spacial score (nSPS) is 21.8. The van der Waals surface area contributed by atoms with Gasteiger partial charge in [0.25, 0.3) is 11.5 Å². The molecule has 266 valence electrons. The Labute approximate surface area is 289 Å². The van der Waals surface area contributed by atoms with Gasteiger partial charge in [0.05, 0.1) is 23.8 Å². The molecule has 0 aliphatic carbocycles. The molecule has 4 rings (SSSR count). The third kappa shape index (κ3) is 9.51. The van der Waals surface area contributed by atoms with E-state index < -0.39 is 65.5 Å². The maximum absolute atomic E-state index is 13.7. The number of rotatable bonds is 5. The zero-order chi connectivity index (χ0) is 36.5. The number of amides is 6. The highest BCUT2D eigenvalue weighted by atomic mass is 16.2. The first-order valence-electron chi connectivity index (χ1n) is 16.5. The quantitative estimate of drug-likeness (QED) is 0.242. The predicted octanol–water partition coefficient (Wildman–Crippen LogP) is -0.227. The first-order valence-corrected chi connectivity index (χ1v) is 16.5. The van der Waals surface area contributed by atoms with Gasteiger partial charge in [-0.2, -0.15) is 0 Å². The van der Waals surface area contributed by atoms with Crippen molar-refractivity contribution in [2.24, 2.45) is 13.0 Å². The van der Waals surface area contributed by atoms with Crippen LogP contribution in [0.4, 0.5) is 0 Å². The van der Waals surface area contributed by atoms with Gasteiger partial charge >= 0.3 is 0 Å². The lowest BCUT2D eigenvalue weighted by atomic mass is 10.0. The predicted molar refractivity (Wildman–Crippen MR) is 185 cm³/mol. The fourth-order valence-electron chi connectivity index (χ4n) is 5.52. The van der Waals surface area contributed by atoms with Crippen LogP contribution >= 0.6 is 0 Å². The standard InChI is InChI=1S/C35H44N8O7/c1-20(2)29-33(48)38-21(3)30(45)40-27(16-22-10-7-6-8-11-22)35(50)42(4)18-28(44)36-15-9-12-25(32(47)41-29)39-31(46)23-13-14-24-26(17-23)37-19-43(5)34(24)49/h6-8,10-11,13-14,17,19-21,25,27,29H,9,12,15-16,18H2,1-5H3,(H,36,44)(H,38,48)(H,39,46)(H,40,45)(H,41,47)/t21-,25+,27+,29-/m1/s1. The van der Waals surface area contributed by atoms with E-state index in [0.29, 0.717) is 10.9 Å². The SMILES string of the molecule is CC(C)[C@H]1NC(=O)[C@@H](NC(=O)c2ccc3c(=O)n(C)cnc3c2)CCCNC(=O)CN(C)C(=O)[C@H](Cc2ccccc2)NC(=O)[C@@H](C)NC1=O. The van der Waals surface area contributed by atoms with Gasteiger partial charge in [-0.1, -0.05) is 44.2 Å². The summed E-state index contributed by atoms with van der Waals surface area (Å²) in [6, 6.07) is 9.17. The zero-order valence-electron chi connectivity index (χ0n) is 28.8. The highest BCUT2D eigenvalue weighted by Gasteiger charge is 2.32. The van der Waals surface area contributed by atoms with Crippen LogP contribution in [0.15, 0.2) is 59.7 Å². The van der Waals surface area contributed by atoms with E-state index in [0.717, 1.165) is 5.56 Å². The second kappa shape index (κ2) is 16.7. The Kier molecular flexibility index (Phi) is 12.4. The van der Waals surface area contributed by atoms with E-state index in [1.807, 2.05) is 30.3 Å². The number of nitrogens with zero attached hydrogens (tertiary/aromatic N) is 3. The van der Waals surface area contributed by atoms with Crippen LogP contribution in [0.1, 0.15) is 49.5 Å². The largest absolute Gasteiger partial charge is 0.355 e. The molecule has 6 amide bonds. The summed E-state index contributed by atoms with van der Waals surface area (Å²) in [5.41, 5.74) is 0.979. The molecule has 4 atom stereocenters. The number of benzene rings is 2. The highest BCUT2D eigenvalue weighted by molar-refractivity contribution is 6.01. The zero-order valence-corrected chi connectivity index (χ0v) is 28.8. The molecule has 1 aliphatic heterocycles. The van der Waals surface area contributed by atoms with Crippen LogP contribution in [0.2, 0.25) is 0 Å². The molecule has 5 N–H and O–H groups in total. The number of hydrogen-bond donors (Lipinski definition) is 5. The molecule has 0 bridgehead atoms. The van der Waals surface area contributed by atoms with Crippen LogP contribution in [-0.4, -0.2) is 94.2 Å². The van der Waals surface area contributed by atoms with Crippen molar-refractivity contribution in [3.05, 3.63) is 76.3 Å². The Morgan fingerprint density at radius 1 is 0.940 bits per heavy atom. The number of carbonyl (C=O) groups excluding carboxylic acids is 6. The third-order valence-corrected chi connectivity index (χ3v) is 8.45. The molecule has 1 aromatic heterocycles. The fourth-order valence-corrected chi connectivity index (χ4v) is 5.52. The lowest BCUT2D eigenvalue weighted by Gasteiger charge is -2.28. The van der Waals surface area contributed by atoms with Crippen molar-refractivity contribution in [2.75, 3.05) is 20.1 Å². The van der Waals surface area contributed by atoms with Gasteiger partial charge in [-0.25, -0.2) is 4.98 Å². The second-order valence-electron chi connectivity index (χ2n) is 12.8. The highest BCUT2D eigenvalue weighted by Crippen LogP contribution is 2.12. The summed E-state index contributed by atoms with van der Waals surface area (Å²) in [4.78, 5) is 97.9. The van der Waals surface area contributed by atoms with Crippen LogP contribution < -0.4 is 32.1 Å². The summed E-state index contributed by atoms with van der Waals surface area (Å²) in [6.45, 7) is 4.74. The van der Waals surface area contributed by atoms with Crippen LogP contribution in [0.5, 0.6) is 0 Å². The minimum Gasteiger partial charge on any atom is -0.355 e. The monoisotopic (exact) mass is 688 g/mol. The average molecular weight is 689 g/mol. The molecule has 0 saturated carbocycles. The van der Waals surface area contributed by atoms with Gasteiger partial charge in [0.2, 0.25) is 29.5 Å². The molecule has 15 heteroatoms. The third-order valence-electron chi connectivity index (χ3n) is 8.45. The first-order chi connectivity index (χ1) is 23.7. The Hall–Kier alpha value is -5.60. The molecule has 0 spiro atoms. The average Bonchev–Trinajstić information content (AvgIpc) is 3.08. The molecule has 3 aromatic rings. The lowest BCUT2D eigenvalue weighted by molar-refractivity contribution is -0.139. The second-order valence-corrected chi connectivity index (χ2v) is 12.8. The Bertz CT molecular complexity index is 1810. The van der Waals surface area contributed by atoms with E-state index in [1.165, 1.54) is 48.0 Å². The van der Waals surface area contributed by atoms with Crippen molar-refractivity contribution in [3.63, 3.8) is 0 Å². The lowest BCUT2D eigenvalue weighted by Crippen LogP contribution is -2.59. The minimum absolute atomic E-state index is 0.0867. The summed E-state index contributed by atoms with van der Waals surface area (Å²) in [5, 5.41) is 13.8. The summed E-state index contributed by atoms with van der Waals surface area (Å²) < 4.78 is 1.32. The number of fused-ring (bicyclic) bond motifs is 1. The van der Waals surface area contributed by atoms with Gasteiger partial charge < -0.3 is 36.1 Å². The summed E-state index contributed by atoms with van der Waals surface area (Å²) >= 11 is 0. The smallest absolute Gasteiger partial charge is 0.260 e. The van der Waals surface area contributed by atoms with Crippen LogP contribution in [-0.2, 0) is 37.4 Å². The van der Waals surface area contributed by atoms with E-state index in [4.69, 9.17) is 0 Å². The Balaban J connectivity index is 1.56. The van der Waals surface area contributed by atoms with Gasteiger partial charge in [0.15, 0.2) is 0 Å². The fraction of sp³-hybridized carbons (Fsp3) is 0.429. The molecule has 50 heavy (non-hydrogen) atoms. The van der Waals surface area contributed by atoms with Crippen molar-refractivity contribution < 1.29 is 28.8 Å². The summed E-state index contributed by atoms with van der Waals surface area (Å²) in [6.07, 6.45) is 1.85. The molecule has 1 aliphatic rings. The van der Waals surface area contributed by atoms with Crippen molar-refractivity contribution in [3.8, 4) is 0 Å². The van der Waals surface area contributed by atoms with Crippen LogP contribution in [0.3, 0.4) is 0 Å². The number of hydrogen-bond acceptors (Lipinski definition) is 8. The molecule has 15 nitrogen and oxygen atoms in total. The molecule has 2 aromatic carbocycles. The van der Waals surface area contributed by atoms with E-state index in [-0.39, 0.29) is 43.5 Å². The molecule has 1 saturated heterocycles. The maximum Gasteiger partial charge on any atom is 0.260 e. The van der Waals surface area contributed by atoms with Gasteiger partial charge in [-0.05, 0) is 49.4 Å². The maximum atomic E-state index is 13.7. The van der Waals surface area contributed by atoms with Crippen LogP contribution in [0, 0.1) is 5.92 Å². The molecule has 1 fully saturated rings. The van der Waals surface area contributed by atoms with Gasteiger partial charge in [0.1, 0.15) is 24.2 Å². The van der Waals surface area contributed by atoms with E-state index in [1.54, 1.807) is 20.9 Å². The van der Waals surface area contributed by atoms with Crippen molar-refractivity contribution in [2.45, 2.75) is 64.2 Å². The van der Waals surface area contributed by atoms with Crippen molar-refractivity contribution in [1.29, 1.82) is 0 Å². The van der Waals surface area contributed by atoms with E-state index in [2.05, 4.69) is 31.6 Å². The number of aryl methyl sites for hydroxylation is 1. The molecule has 0 radical (unpaired) electrons. The summed E-state index contributed by atoms with van der Waals surface area (Å²) in [7, 11) is 3.02. The first kappa shape index (κ1) is 37.2. The van der Waals surface area contributed by atoms with E-state index in [9.17, 15) is 33.6 Å². The van der Waals surface area contributed by atoms with Crippen molar-refractivity contribution in [1.82, 2.24) is 41.0 Å². The minimum atomic E-state index is -1.12. The Morgan fingerprint density at radius 2 is 1.66 bits per heavy atom. The Morgan fingerprint density at radius 3 is 2.36 bits per heavy atom. The van der Waals surface area contributed by atoms with E-state index >= 15 is 0 Å². The number of likely N-dealkylation sites (N-methyl/N-ethyl adjacent to an activating group) is 1. The number of aromatic nitrogens is 2. The van der Waals surface area contributed by atoms with Crippen molar-refractivity contribution >= 4 is 46.3 Å². The molecular weight excluding hydrogens is 644 g/mol. The topological polar surface area (TPSA) is 201 Å². The molecular formula is C35H44N8O7. The van der Waals surface area contributed by atoms with Gasteiger partial charge in [0, 0.05) is 32.6 Å². The molecule has 2 heterocycles. The van der Waals surface area contributed by atoms with Gasteiger partial charge in [-0.15, -0.1) is 0 Å².